The van der Waals surface area contributed by atoms with E-state index >= 15 is 0 Å². The molecule has 1 aliphatic rings. The lowest BCUT2D eigenvalue weighted by Gasteiger charge is -2.27. The summed E-state index contributed by atoms with van der Waals surface area (Å²) < 4.78 is 0. The highest BCUT2D eigenvalue weighted by Gasteiger charge is 2.27. The summed E-state index contributed by atoms with van der Waals surface area (Å²) in [5.74, 6) is 4.31. The lowest BCUT2D eigenvalue weighted by atomic mass is 10.1. The third-order valence-electron chi connectivity index (χ3n) is 2.82. The van der Waals surface area contributed by atoms with Crippen molar-refractivity contribution >= 4 is 29.3 Å². The molecule has 0 aliphatic carbocycles. The smallest absolute Gasteiger partial charge is 0.145 e. The molecule has 17 heavy (non-hydrogen) atoms. The number of hydrogen-bond donors (Lipinski definition) is 1. The van der Waals surface area contributed by atoms with E-state index in [4.69, 9.17) is 5.73 Å². The van der Waals surface area contributed by atoms with Crippen LogP contribution >= 0.6 is 23.5 Å². The van der Waals surface area contributed by atoms with Gasteiger partial charge in [-0.05, 0) is 5.92 Å². The lowest BCUT2D eigenvalue weighted by Crippen LogP contribution is -2.19. The number of anilines is 1. The Labute approximate surface area is 111 Å². The predicted molar refractivity (Wildman–Crippen MR) is 77.7 cm³/mol. The Hall–Kier alpha value is -0.420. The minimum absolute atomic E-state index is 0.384. The largest absolute Gasteiger partial charge is 0.384 e. The summed E-state index contributed by atoms with van der Waals surface area (Å²) in [6.07, 6.45) is 0. The van der Waals surface area contributed by atoms with Crippen molar-refractivity contribution in [2.24, 2.45) is 0 Å². The molecule has 1 aromatic heterocycles. The molecule has 1 saturated heterocycles. The summed E-state index contributed by atoms with van der Waals surface area (Å²) in [7, 11) is 0. The molecule has 0 bridgehead atoms. The van der Waals surface area contributed by atoms with E-state index in [-0.39, 0.29) is 0 Å². The van der Waals surface area contributed by atoms with E-state index in [9.17, 15) is 0 Å². The van der Waals surface area contributed by atoms with Crippen LogP contribution in [0, 0.1) is 0 Å². The number of nitrogens with two attached hydrogens (primary N) is 1. The van der Waals surface area contributed by atoms with Gasteiger partial charge in [0.2, 0.25) is 0 Å². The van der Waals surface area contributed by atoms with E-state index in [2.05, 4.69) is 30.7 Å². The third kappa shape index (κ3) is 3.07. The maximum absolute atomic E-state index is 5.88. The topological polar surface area (TPSA) is 51.8 Å². The second kappa shape index (κ2) is 5.48. The zero-order valence-corrected chi connectivity index (χ0v) is 12.1. The molecular formula is C12H19N3S2. The van der Waals surface area contributed by atoms with E-state index in [0.717, 1.165) is 11.5 Å². The third-order valence-corrected chi connectivity index (χ3v) is 5.90. The van der Waals surface area contributed by atoms with E-state index < -0.39 is 0 Å². The highest BCUT2D eigenvalue weighted by Crippen LogP contribution is 2.41. The Morgan fingerprint density at radius 3 is 2.65 bits per heavy atom. The highest BCUT2D eigenvalue weighted by molar-refractivity contribution is 8.06. The molecular weight excluding hydrogens is 250 g/mol. The SMILES string of the molecule is CC(C)c1cc(N)nc(C2SCCSC2C)n1. The molecule has 2 N–H and O–H groups in total. The maximum atomic E-state index is 5.88. The average Bonchev–Trinajstić information content (AvgIpc) is 2.28. The molecule has 0 radical (unpaired) electrons. The first-order chi connectivity index (χ1) is 8.08. The molecule has 0 aromatic carbocycles. The second-order valence-corrected chi connectivity index (χ2v) is 7.33. The summed E-state index contributed by atoms with van der Waals surface area (Å²) in [5, 5.41) is 0.949. The monoisotopic (exact) mass is 269 g/mol. The van der Waals surface area contributed by atoms with Crippen molar-refractivity contribution in [1.29, 1.82) is 0 Å². The maximum Gasteiger partial charge on any atom is 0.145 e. The van der Waals surface area contributed by atoms with Crippen LogP contribution in [0.1, 0.15) is 43.5 Å². The van der Waals surface area contributed by atoms with Crippen LogP contribution in [0.4, 0.5) is 5.82 Å². The molecule has 5 heteroatoms. The lowest BCUT2D eigenvalue weighted by molar-refractivity contribution is 0.761. The summed E-state index contributed by atoms with van der Waals surface area (Å²) in [6, 6.07) is 1.89. The van der Waals surface area contributed by atoms with Gasteiger partial charge in [0.1, 0.15) is 11.6 Å². The van der Waals surface area contributed by atoms with Crippen molar-refractivity contribution in [1.82, 2.24) is 9.97 Å². The molecule has 0 saturated carbocycles. The predicted octanol–water partition coefficient (Wildman–Crippen LogP) is 3.09. The molecule has 1 aliphatic heterocycles. The number of aromatic nitrogens is 2. The first-order valence-electron chi connectivity index (χ1n) is 5.95. The van der Waals surface area contributed by atoms with Gasteiger partial charge in [-0.25, -0.2) is 9.97 Å². The van der Waals surface area contributed by atoms with Crippen LogP contribution in [0.25, 0.3) is 0 Å². The van der Waals surface area contributed by atoms with Crippen LogP contribution in [0.2, 0.25) is 0 Å². The van der Waals surface area contributed by atoms with Crippen molar-refractivity contribution in [3.8, 4) is 0 Å². The summed E-state index contributed by atoms with van der Waals surface area (Å²) in [6.45, 7) is 6.53. The zero-order valence-electron chi connectivity index (χ0n) is 10.5. The van der Waals surface area contributed by atoms with Crippen molar-refractivity contribution in [2.75, 3.05) is 17.2 Å². The Kier molecular flexibility index (Phi) is 4.20. The van der Waals surface area contributed by atoms with Gasteiger partial charge in [-0.1, -0.05) is 20.8 Å². The van der Waals surface area contributed by atoms with Crippen molar-refractivity contribution < 1.29 is 0 Å². The Morgan fingerprint density at radius 2 is 2.00 bits per heavy atom. The Morgan fingerprint density at radius 1 is 1.29 bits per heavy atom. The number of nitrogen functional groups attached to an aromatic ring is 1. The van der Waals surface area contributed by atoms with Crippen LogP contribution in [0.15, 0.2) is 6.07 Å². The molecule has 2 heterocycles. The fourth-order valence-corrected chi connectivity index (χ4v) is 4.53. The molecule has 3 nitrogen and oxygen atoms in total. The summed E-state index contributed by atoms with van der Waals surface area (Å²) >= 11 is 3.95. The normalized spacial score (nSPS) is 25.2. The highest BCUT2D eigenvalue weighted by atomic mass is 32.2. The first kappa shape index (κ1) is 13.0. The van der Waals surface area contributed by atoms with Gasteiger partial charge in [0.25, 0.3) is 0 Å². The standard InChI is InChI=1S/C12H19N3S2/c1-7(2)9-6-10(13)15-12(14-9)11-8(3)16-4-5-17-11/h6-8,11H,4-5H2,1-3H3,(H2,13,14,15). The fourth-order valence-electron chi connectivity index (χ4n) is 1.85. The van der Waals surface area contributed by atoms with Gasteiger partial charge in [0.05, 0.1) is 5.25 Å². The second-order valence-electron chi connectivity index (χ2n) is 4.60. The van der Waals surface area contributed by atoms with Gasteiger partial charge in [-0.2, -0.15) is 11.8 Å². The molecule has 2 unspecified atom stereocenters. The number of hydrogen-bond acceptors (Lipinski definition) is 5. The summed E-state index contributed by atoms with van der Waals surface area (Å²) in [5.41, 5.74) is 6.93. The van der Waals surface area contributed by atoms with Gasteiger partial charge in [-0.15, -0.1) is 11.8 Å². The van der Waals surface area contributed by atoms with Gasteiger partial charge in [0.15, 0.2) is 0 Å². The van der Waals surface area contributed by atoms with Crippen molar-refractivity contribution in [2.45, 2.75) is 37.2 Å². The van der Waals surface area contributed by atoms with Crippen LogP contribution in [-0.4, -0.2) is 26.7 Å². The number of nitrogens with zero attached hydrogens (tertiary/aromatic N) is 2. The molecule has 0 spiro atoms. The van der Waals surface area contributed by atoms with Crippen LogP contribution in [0.3, 0.4) is 0 Å². The molecule has 1 aromatic rings. The van der Waals surface area contributed by atoms with Gasteiger partial charge >= 0.3 is 0 Å². The fraction of sp³-hybridized carbons (Fsp3) is 0.667. The molecule has 1 fully saturated rings. The average molecular weight is 269 g/mol. The van der Waals surface area contributed by atoms with E-state index in [1.54, 1.807) is 0 Å². The van der Waals surface area contributed by atoms with E-state index in [0.29, 0.717) is 22.2 Å². The van der Waals surface area contributed by atoms with Gasteiger partial charge in [-0.3, -0.25) is 0 Å². The Bertz CT molecular complexity index is 395. The quantitative estimate of drug-likeness (QED) is 0.894. The molecule has 2 atom stereocenters. The minimum atomic E-state index is 0.384. The van der Waals surface area contributed by atoms with Gasteiger partial charge < -0.3 is 5.73 Å². The number of thioether (sulfide) groups is 2. The van der Waals surface area contributed by atoms with Crippen LogP contribution in [0.5, 0.6) is 0 Å². The molecule has 2 rings (SSSR count). The van der Waals surface area contributed by atoms with Crippen molar-refractivity contribution in [3.63, 3.8) is 0 Å². The van der Waals surface area contributed by atoms with Crippen LogP contribution < -0.4 is 5.73 Å². The Balaban J connectivity index is 2.30. The first-order valence-corrected chi connectivity index (χ1v) is 8.05. The number of rotatable bonds is 2. The van der Waals surface area contributed by atoms with Crippen LogP contribution in [-0.2, 0) is 0 Å². The molecule has 94 valence electrons. The zero-order chi connectivity index (χ0) is 12.4. The van der Waals surface area contributed by atoms with E-state index in [1.165, 1.54) is 11.5 Å². The van der Waals surface area contributed by atoms with E-state index in [1.807, 2.05) is 29.6 Å². The molecule has 0 amide bonds. The van der Waals surface area contributed by atoms with Gasteiger partial charge in [0, 0.05) is 28.5 Å². The minimum Gasteiger partial charge on any atom is -0.384 e. The summed E-state index contributed by atoms with van der Waals surface area (Å²) in [4.78, 5) is 9.10. The van der Waals surface area contributed by atoms with Crippen molar-refractivity contribution in [3.05, 3.63) is 17.6 Å².